The van der Waals surface area contributed by atoms with Crippen molar-refractivity contribution in [1.29, 1.82) is 0 Å². The third kappa shape index (κ3) is 5.89. The molecule has 3 aromatic rings. The molecule has 1 fully saturated rings. The van der Waals surface area contributed by atoms with Gasteiger partial charge in [-0.25, -0.2) is 9.78 Å². The summed E-state index contributed by atoms with van der Waals surface area (Å²) in [6, 6.07) is 14.7. The first-order valence-electron chi connectivity index (χ1n) is 11.0. The van der Waals surface area contributed by atoms with Gasteiger partial charge >= 0.3 is 6.03 Å². The van der Waals surface area contributed by atoms with Crippen LogP contribution in [0, 0.1) is 0 Å². The van der Waals surface area contributed by atoms with Crippen LogP contribution in [0.2, 0.25) is 10.3 Å². The topological polar surface area (TPSA) is 97.6 Å². The molecule has 0 radical (unpaired) electrons. The summed E-state index contributed by atoms with van der Waals surface area (Å²) in [5, 5.41) is 15.5. The fraction of sp³-hybridized carbons (Fsp3) is 0.333. The van der Waals surface area contributed by atoms with Gasteiger partial charge in [0.25, 0.3) is 0 Å². The van der Waals surface area contributed by atoms with Gasteiger partial charge in [0.1, 0.15) is 5.15 Å². The van der Waals surface area contributed by atoms with E-state index in [1.807, 2.05) is 49.4 Å². The number of carbonyl (C=O) groups excluding carboxylic acids is 1. The van der Waals surface area contributed by atoms with E-state index in [2.05, 4.69) is 15.6 Å². The van der Waals surface area contributed by atoms with Gasteiger partial charge in [-0.15, -0.1) is 0 Å². The smallest absolute Gasteiger partial charge is 0.319 e. The maximum Gasteiger partial charge on any atom is 0.319 e. The van der Waals surface area contributed by atoms with E-state index >= 15 is 0 Å². The molecule has 4 rings (SSSR count). The highest BCUT2D eigenvalue weighted by molar-refractivity contribution is 6.40. The number of benzene rings is 2. The number of nitrogens with one attached hydrogen (secondary N) is 2. The lowest BCUT2D eigenvalue weighted by Gasteiger charge is -2.36. The van der Waals surface area contributed by atoms with E-state index in [9.17, 15) is 9.90 Å². The van der Waals surface area contributed by atoms with E-state index in [4.69, 9.17) is 32.7 Å². The number of hydrogen-bond acceptors (Lipinski definition) is 5. The van der Waals surface area contributed by atoms with Crippen molar-refractivity contribution < 1.29 is 19.4 Å². The standard InChI is InChI=1S/C24H26Cl2N4O4/c1-2-27-24(32)29-18-5-3-4-17(10-18)23-33-19(12-30-14-28-21(25)22(30)26)11-20(34-23)16-8-6-15(13-31)7-9-16/h3-10,14,19-20,23,31H,2,11-13H2,1H3,(H2,27,29,32)/t19-,20+,23+/m0/s1. The molecule has 2 heterocycles. The predicted octanol–water partition coefficient (Wildman–Crippen LogP) is 5.07. The van der Waals surface area contributed by atoms with Crippen LogP contribution in [0.1, 0.15) is 42.4 Å². The first kappa shape index (κ1) is 24.5. The van der Waals surface area contributed by atoms with Crippen LogP contribution in [-0.2, 0) is 22.6 Å². The zero-order chi connectivity index (χ0) is 24.1. The highest BCUT2D eigenvalue weighted by Crippen LogP contribution is 2.39. The Kier molecular flexibility index (Phi) is 8.07. The van der Waals surface area contributed by atoms with E-state index in [0.717, 1.165) is 16.7 Å². The summed E-state index contributed by atoms with van der Waals surface area (Å²) in [5.74, 6) is 0. The first-order valence-corrected chi connectivity index (χ1v) is 11.7. The number of carbonyl (C=O) groups is 1. The maximum absolute atomic E-state index is 11.9. The Morgan fingerprint density at radius 1 is 1.18 bits per heavy atom. The van der Waals surface area contributed by atoms with E-state index in [-0.39, 0.29) is 30.0 Å². The Labute approximate surface area is 207 Å². The largest absolute Gasteiger partial charge is 0.392 e. The molecular formula is C24H26Cl2N4O4. The second kappa shape index (κ2) is 11.2. The highest BCUT2D eigenvalue weighted by Gasteiger charge is 2.33. The van der Waals surface area contributed by atoms with Crippen LogP contribution >= 0.6 is 23.2 Å². The van der Waals surface area contributed by atoms with Gasteiger partial charge < -0.3 is 29.8 Å². The van der Waals surface area contributed by atoms with Crippen LogP contribution in [0.5, 0.6) is 0 Å². The lowest BCUT2D eigenvalue weighted by molar-refractivity contribution is -0.252. The number of hydrogen-bond donors (Lipinski definition) is 3. The molecule has 34 heavy (non-hydrogen) atoms. The summed E-state index contributed by atoms with van der Waals surface area (Å²) in [4.78, 5) is 16.0. The Morgan fingerprint density at radius 3 is 2.65 bits per heavy atom. The Balaban J connectivity index is 1.58. The molecule has 3 atom stereocenters. The molecule has 0 unspecified atom stereocenters. The van der Waals surface area contributed by atoms with Crippen molar-refractivity contribution >= 4 is 34.9 Å². The third-order valence-electron chi connectivity index (χ3n) is 5.50. The lowest BCUT2D eigenvalue weighted by atomic mass is 10.00. The number of urea groups is 1. The van der Waals surface area contributed by atoms with Crippen LogP contribution in [0.25, 0.3) is 0 Å². The van der Waals surface area contributed by atoms with Gasteiger partial charge in [-0.3, -0.25) is 0 Å². The Hall–Kier alpha value is -2.62. The molecule has 1 aliphatic rings. The number of rotatable bonds is 7. The number of aliphatic hydroxyl groups excluding tert-OH is 1. The molecule has 0 spiro atoms. The van der Waals surface area contributed by atoms with E-state index in [0.29, 0.717) is 30.4 Å². The van der Waals surface area contributed by atoms with Crippen LogP contribution in [-0.4, -0.2) is 33.3 Å². The molecule has 0 aliphatic carbocycles. The molecule has 0 bridgehead atoms. The molecule has 1 aromatic heterocycles. The number of imidazole rings is 1. The molecule has 2 amide bonds. The average molecular weight is 505 g/mol. The zero-order valence-corrected chi connectivity index (χ0v) is 20.1. The fourth-order valence-corrected chi connectivity index (χ4v) is 4.14. The molecule has 10 heteroatoms. The van der Waals surface area contributed by atoms with E-state index in [1.165, 1.54) is 0 Å². The Bertz CT molecular complexity index is 1120. The quantitative estimate of drug-likeness (QED) is 0.417. The number of amides is 2. The van der Waals surface area contributed by atoms with E-state index in [1.54, 1.807) is 17.0 Å². The van der Waals surface area contributed by atoms with Gasteiger partial charge in [0.05, 0.1) is 31.7 Å². The van der Waals surface area contributed by atoms with Crippen molar-refractivity contribution in [2.75, 3.05) is 11.9 Å². The summed E-state index contributed by atoms with van der Waals surface area (Å²) < 4.78 is 14.4. The van der Waals surface area contributed by atoms with E-state index < -0.39 is 6.29 Å². The highest BCUT2D eigenvalue weighted by atomic mass is 35.5. The fourth-order valence-electron chi connectivity index (χ4n) is 3.82. The molecule has 8 nitrogen and oxygen atoms in total. The number of halogens is 2. The number of nitrogens with zero attached hydrogens (tertiary/aromatic N) is 2. The number of anilines is 1. The number of aliphatic hydroxyl groups is 1. The van der Waals surface area contributed by atoms with Gasteiger partial charge in [0.15, 0.2) is 11.4 Å². The molecular weight excluding hydrogens is 479 g/mol. The third-order valence-corrected chi connectivity index (χ3v) is 6.27. The minimum atomic E-state index is -0.671. The zero-order valence-electron chi connectivity index (χ0n) is 18.6. The molecule has 180 valence electrons. The Morgan fingerprint density at radius 2 is 1.97 bits per heavy atom. The summed E-state index contributed by atoms with van der Waals surface area (Å²) in [7, 11) is 0. The molecule has 1 saturated heterocycles. The monoisotopic (exact) mass is 504 g/mol. The van der Waals surface area contributed by atoms with Gasteiger partial charge in [0, 0.05) is 24.2 Å². The van der Waals surface area contributed by atoms with Gasteiger partial charge in [-0.2, -0.15) is 0 Å². The predicted molar refractivity (Wildman–Crippen MR) is 130 cm³/mol. The summed E-state index contributed by atoms with van der Waals surface area (Å²) >= 11 is 12.3. The van der Waals surface area contributed by atoms with Crippen LogP contribution in [0.15, 0.2) is 54.9 Å². The second-order valence-corrected chi connectivity index (χ2v) is 8.65. The summed E-state index contributed by atoms with van der Waals surface area (Å²) in [6.45, 7) is 2.80. The average Bonchev–Trinajstić information content (AvgIpc) is 3.16. The molecule has 3 N–H and O–H groups in total. The normalized spacial score (nSPS) is 20.2. The van der Waals surface area contributed by atoms with Crippen LogP contribution in [0.4, 0.5) is 10.5 Å². The minimum Gasteiger partial charge on any atom is -0.392 e. The van der Waals surface area contributed by atoms with Crippen molar-refractivity contribution in [2.24, 2.45) is 0 Å². The number of ether oxygens (including phenoxy) is 2. The van der Waals surface area contributed by atoms with Crippen LogP contribution in [0.3, 0.4) is 0 Å². The van der Waals surface area contributed by atoms with Crippen molar-refractivity contribution in [3.05, 3.63) is 81.9 Å². The first-order chi connectivity index (χ1) is 16.5. The van der Waals surface area contributed by atoms with Crippen molar-refractivity contribution in [3.8, 4) is 0 Å². The lowest BCUT2D eigenvalue weighted by Crippen LogP contribution is -2.32. The second-order valence-electron chi connectivity index (χ2n) is 7.94. The van der Waals surface area contributed by atoms with Gasteiger partial charge in [0.2, 0.25) is 0 Å². The van der Waals surface area contributed by atoms with Crippen molar-refractivity contribution in [1.82, 2.24) is 14.9 Å². The molecule has 1 aliphatic heterocycles. The minimum absolute atomic E-state index is 0.0224. The number of aromatic nitrogens is 2. The molecule has 0 saturated carbocycles. The van der Waals surface area contributed by atoms with Gasteiger partial charge in [-0.1, -0.05) is 59.6 Å². The maximum atomic E-state index is 11.9. The SMILES string of the molecule is CCNC(=O)Nc1cccc([C@@H]2O[C@H](Cn3cnc(Cl)c3Cl)C[C@H](c3ccc(CO)cc3)O2)c1. The van der Waals surface area contributed by atoms with Crippen LogP contribution < -0.4 is 10.6 Å². The van der Waals surface area contributed by atoms with Crippen molar-refractivity contribution in [2.45, 2.75) is 45.0 Å². The molecule has 2 aromatic carbocycles. The summed E-state index contributed by atoms with van der Waals surface area (Å²) in [6.07, 6.45) is 0.992. The van der Waals surface area contributed by atoms with Gasteiger partial charge in [-0.05, 0) is 30.2 Å². The summed E-state index contributed by atoms with van der Waals surface area (Å²) in [5.41, 5.74) is 3.20. The van der Waals surface area contributed by atoms with Crippen molar-refractivity contribution in [3.63, 3.8) is 0 Å².